The first-order valence-electron chi connectivity index (χ1n) is 7.09. The number of fused-ring (bicyclic) bond motifs is 3. The third-order valence-electron chi connectivity index (χ3n) is 4.53. The summed E-state index contributed by atoms with van der Waals surface area (Å²) >= 11 is 6.26. The highest BCUT2D eigenvalue weighted by molar-refractivity contribution is 6.20. The smallest absolute Gasteiger partial charge is 0.254 e. The molecule has 0 N–H and O–H groups in total. The topological polar surface area (TPSA) is 38.8 Å². The maximum Gasteiger partial charge on any atom is 0.254 e. The quantitative estimate of drug-likeness (QED) is 0.747. The number of halogens is 1. The molecule has 3 heterocycles. The van der Waals surface area contributed by atoms with Gasteiger partial charge >= 0.3 is 0 Å². The Labute approximate surface area is 122 Å². The van der Waals surface area contributed by atoms with Crippen LogP contribution in [-0.2, 0) is 0 Å². The fraction of sp³-hybridized carbons (Fsp3) is 0.533. The monoisotopic (exact) mass is 293 g/mol. The summed E-state index contributed by atoms with van der Waals surface area (Å²) in [6.07, 6.45) is 3.97. The number of piperidine rings is 1. The molecule has 1 aromatic carbocycles. The first-order valence-corrected chi connectivity index (χ1v) is 7.52. The first kappa shape index (κ1) is 12.3. The predicted octanol–water partition coefficient (Wildman–Crippen LogP) is 2.79. The molecule has 2 unspecified atom stereocenters. The Kier molecular flexibility index (Phi) is 2.81. The molecule has 4 rings (SSSR count). The summed E-state index contributed by atoms with van der Waals surface area (Å²) in [5.41, 5.74) is 0.680. The fourth-order valence-corrected chi connectivity index (χ4v) is 4.03. The third kappa shape index (κ3) is 1.85. The van der Waals surface area contributed by atoms with E-state index >= 15 is 0 Å². The molecule has 2 fully saturated rings. The van der Waals surface area contributed by atoms with Gasteiger partial charge in [-0.05, 0) is 43.9 Å². The van der Waals surface area contributed by atoms with Gasteiger partial charge in [-0.25, -0.2) is 0 Å². The highest BCUT2D eigenvalue weighted by Gasteiger charge is 2.43. The van der Waals surface area contributed by atoms with Gasteiger partial charge in [-0.3, -0.25) is 4.79 Å². The van der Waals surface area contributed by atoms with Gasteiger partial charge in [0.1, 0.15) is 0 Å². The second-order valence-electron chi connectivity index (χ2n) is 5.73. The van der Waals surface area contributed by atoms with E-state index in [1.807, 2.05) is 17.0 Å². The second-order valence-corrected chi connectivity index (χ2v) is 6.35. The number of hydrogen-bond acceptors (Lipinski definition) is 3. The summed E-state index contributed by atoms with van der Waals surface area (Å²) in [7, 11) is 0. The second kappa shape index (κ2) is 4.55. The lowest BCUT2D eigenvalue weighted by Crippen LogP contribution is -2.46. The summed E-state index contributed by atoms with van der Waals surface area (Å²) in [6.45, 7) is 0.232. The lowest BCUT2D eigenvalue weighted by Gasteiger charge is -2.37. The van der Waals surface area contributed by atoms with Gasteiger partial charge in [-0.15, -0.1) is 11.6 Å². The van der Waals surface area contributed by atoms with E-state index in [1.165, 1.54) is 0 Å². The van der Waals surface area contributed by atoms with E-state index in [0.717, 1.165) is 25.7 Å². The third-order valence-corrected chi connectivity index (χ3v) is 4.89. The number of carbonyl (C=O) groups excluding carboxylic acids is 1. The number of carbonyl (C=O) groups is 1. The van der Waals surface area contributed by atoms with Crippen LogP contribution < -0.4 is 9.47 Å². The molecule has 106 valence electrons. The summed E-state index contributed by atoms with van der Waals surface area (Å²) in [6, 6.07) is 6.02. The van der Waals surface area contributed by atoms with Crippen LogP contribution in [0.3, 0.4) is 0 Å². The summed E-state index contributed by atoms with van der Waals surface area (Å²) in [4.78, 5) is 14.8. The minimum absolute atomic E-state index is 0.0966. The number of benzene rings is 1. The van der Waals surface area contributed by atoms with Gasteiger partial charge in [-0.2, -0.15) is 0 Å². The van der Waals surface area contributed by atoms with Crippen molar-refractivity contribution in [3.8, 4) is 11.5 Å². The maximum absolute atomic E-state index is 12.8. The van der Waals surface area contributed by atoms with Gasteiger partial charge in [-0.1, -0.05) is 0 Å². The summed E-state index contributed by atoms with van der Waals surface area (Å²) in [5, 5.41) is 0.216. The normalized spacial score (nSPS) is 30.6. The van der Waals surface area contributed by atoms with Crippen LogP contribution in [0.15, 0.2) is 18.2 Å². The van der Waals surface area contributed by atoms with Crippen molar-refractivity contribution < 1.29 is 14.3 Å². The average molecular weight is 294 g/mol. The summed E-state index contributed by atoms with van der Waals surface area (Å²) < 4.78 is 10.6. The molecule has 1 aromatic rings. The van der Waals surface area contributed by atoms with E-state index in [-0.39, 0.29) is 18.1 Å². The van der Waals surface area contributed by atoms with Crippen LogP contribution in [0.25, 0.3) is 0 Å². The zero-order valence-corrected chi connectivity index (χ0v) is 11.8. The van der Waals surface area contributed by atoms with E-state index in [1.54, 1.807) is 6.07 Å². The molecule has 0 aromatic heterocycles. The van der Waals surface area contributed by atoms with Crippen molar-refractivity contribution in [3.05, 3.63) is 23.8 Å². The Morgan fingerprint density at radius 1 is 1.15 bits per heavy atom. The zero-order valence-electron chi connectivity index (χ0n) is 11.0. The molecule has 4 nitrogen and oxygen atoms in total. The van der Waals surface area contributed by atoms with E-state index < -0.39 is 0 Å². The lowest BCUT2D eigenvalue weighted by molar-refractivity contribution is 0.0599. The Hall–Kier alpha value is -1.42. The predicted molar refractivity (Wildman–Crippen MR) is 74.4 cm³/mol. The summed E-state index contributed by atoms with van der Waals surface area (Å²) in [5.74, 6) is 1.47. The molecule has 3 aliphatic rings. The maximum atomic E-state index is 12.8. The highest BCUT2D eigenvalue weighted by atomic mass is 35.5. The Bertz CT molecular complexity index is 548. The first-order chi connectivity index (χ1) is 9.72. The molecule has 0 radical (unpaired) electrons. The van der Waals surface area contributed by atoms with Crippen molar-refractivity contribution >= 4 is 17.5 Å². The number of amides is 1. The van der Waals surface area contributed by atoms with E-state index in [0.29, 0.717) is 29.1 Å². The number of rotatable bonds is 1. The minimum Gasteiger partial charge on any atom is -0.454 e. The number of nitrogens with zero attached hydrogens (tertiary/aromatic N) is 1. The molecule has 2 atom stereocenters. The van der Waals surface area contributed by atoms with Gasteiger partial charge in [0.2, 0.25) is 6.79 Å². The van der Waals surface area contributed by atoms with Crippen molar-refractivity contribution in [2.24, 2.45) is 0 Å². The number of hydrogen-bond donors (Lipinski definition) is 0. The van der Waals surface area contributed by atoms with Crippen molar-refractivity contribution in [2.75, 3.05) is 6.79 Å². The molecule has 3 aliphatic heterocycles. The molecule has 0 spiro atoms. The SMILES string of the molecule is O=C(c1ccc2c(c1)OCO2)N1C2CCC1CC(Cl)C2. The standard InChI is InChI=1S/C15H16ClNO3/c16-10-6-11-2-3-12(7-10)17(11)15(18)9-1-4-13-14(5-9)20-8-19-13/h1,4-5,10-12H,2-3,6-8H2. The van der Waals surface area contributed by atoms with Crippen LogP contribution in [0.1, 0.15) is 36.0 Å². The van der Waals surface area contributed by atoms with Gasteiger partial charge in [0.15, 0.2) is 11.5 Å². The average Bonchev–Trinajstić information content (AvgIpc) is 3.00. The molecule has 1 amide bonds. The van der Waals surface area contributed by atoms with Crippen LogP contribution in [0, 0.1) is 0 Å². The van der Waals surface area contributed by atoms with Crippen LogP contribution in [-0.4, -0.2) is 35.1 Å². The highest BCUT2D eigenvalue weighted by Crippen LogP contribution is 2.40. The lowest BCUT2D eigenvalue weighted by atomic mass is 10.0. The van der Waals surface area contributed by atoms with E-state index in [4.69, 9.17) is 21.1 Å². The van der Waals surface area contributed by atoms with Crippen molar-refractivity contribution in [2.45, 2.75) is 43.1 Å². The van der Waals surface area contributed by atoms with Crippen molar-refractivity contribution in [1.82, 2.24) is 4.90 Å². The molecule has 2 saturated heterocycles. The molecule has 0 saturated carbocycles. The Balaban J connectivity index is 1.61. The fourth-order valence-electron chi connectivity index (χ4n) is 3.62. The largest absolute Gasteiger partial charge is 0.454 e. The van der Waals surface area contributed by atoms with Crippen molar-refractivity contribution in [1.29, 1.82) is 0 Å². The Morgan fingerprint density at radius 3 is 2.60 bits per heavy atom. The van der Waals surface area contributed by atoms with Gasteiger partial charge in [0.05, 0.1) is 0 Å². The van der Waals surface area contributed by atoms with Gasteiger partial charge < -0.3 is 14.4 Å². The van der Waals surface area contributed by atoms with Crippen molar-refractivity contribution in [3.63, 3.8) is 0 Å². The number of alkyl halides is 1. The van der Waals surface area contributed by atoms with Crippen LogP contribution >= 0.6 is 11.6 Å². The molecule has 5 heteroatoms. The van der Waals surface area contributed by atoms with Gasteiger partial charge in [0.25, 0.3) is 5.91 Å². The van der Waals surface area contributed by atoms with E-state index in [9.17, 15) is 4.79 Å². The Morgan fingerprint density at radius 2 is 1.85 bits per heavy atom. The molecule has 2 bridgehead atoms. The minimum atomic E-state index is 0.0966. The molecule has 0 aliphatic carbocycles. The molecule has 20 heavy (non-hydrogen) atoms. The van der Waals surface area contributed by atoms with Gasteiger partial charge in [0, 0.05) is 23.0 Å². The van der Waals surface area contributed by atoms with E-state index in [2.05, 4.69) is 0 Å². The molecular weight excluding hydrogens is 278 g/mol. The van der Waals surface area contributed by atoms with Crippen LogP contribution in [0.4, 0.5) is 0 Å². The zero-order chi connectivity index (χ0) is 13.7. The van der Waals surface area contributed by atoms with Crippen LogP contribution in [0.5, 0.6) is 11.5 Å². The molecular formula is C15H16ClNO3. The number of ether oxygens (including phenoxy) is 2. The van der Waals surface area contributed by atoms with Crippen LogP contribution in [0.2, 0.25) is 0 Å².